The van der Waals surface area contributed by atoms with Gasteiger partial charge in [-0.15, -0.1) is 0 Å². The molecule has 70 valence electrons. The van der Waals surface area contributed by atoms with Crippen LogP contribution in [0.4, 0.5) is 0 Å². The first-order chi connectivity index (χ1) is 6.36. The molecule has 13 heavy (non-hydrogen) atoms. The van der Waals surface area contributed by atoms with Crippen molar-refractivity contribution in [2.24, 2.45) is 5.92 Å². The summed E-state index contributed by atoms with van der Waals surface area (Å²) in [5.74, 6) is 0.964. The van der Waals surface area contributed by atoms with Crippen molar-refractivity contribution in [2.75, 3.05) is 6.54 Å². The lowest BCUT2D eigenvalue weighted by atomic mass is 10.1. The van der Waals surface area contributed by atoms with Crippen LogP contribution in [-0.2, 0) is 0 Å². The van der Waals surface area contributed by atoms with E-state index in [2.05, 4.69) is 42.6 Å². The third-order valence-electron chi connectivity index (χ3n) is 2.71. The first kappa shape index (κ1) is 8.76. The van der Waals surface area contributed by atoms with Crippen LogP contribution in [0.5, 0.6) is 0 Å². The van der Waals surface area contributed by atoms with Crippen LogP contribution in [0.15, 0.2) is 30.3 Å². The van der Waals surface area contributed by atoms with Crippen LogP contribution in [0.1, 0.15) is 31.4 Å². The van der Waals surface area contributed by atoms with Gasteiger partial charge in [0, 0.05) is 6.04 Å². The minimum absolute atomic E-state index is 0.502. The first-order valence-electron chi connectivity index (χ1n) is 5.14. The fourth-order valence-corrected chi connectivity index (χ4v) is 1.52. The Morgan fingerprint density at radius 1 is 1.31 bits per heavy atom. The lowest BCUT2D eigenvalue weighted by Crippen LogP contribution is -2.20. The largest absolute Gasteiger partial charge is 0.310 e. The van der Waals surface area contributed by atoms with Crippen molar-refractivity contribution in [3.05, 3.63) is 35.9 Å². The van der Waals surface area contributed by atoms with Crippen molar-refractivity contribution in [1.29, 1.82) is 0 Å². The van der Waals surface area contributed by atoms with E-state index in [0.717, 1.165) is 5.92 Å². The molecule has 0 spiro atoms. The fourth-order valence-electron chi connectivity index (χ4n) is 1.52. The molecule has 0 aromatic heterocycles. The van der Waals surface area contributed by atoms with E-state index in [-0.39, 0.29) is 0 Å². The molecule has 1 aliphatic rings. The fraction of sp³-hybridized carbons (Fsp3) is 0.500. The molecule has 1 heteroatoms. The van der Waals surface area contributed by atoms with Gasteiger partial charge in [-0.1, -0.05) is 30.3 Å². The Morgan fingerprint density at radius 3 is 2.62 bits per heavy atom. The van der Waals surface area contributed by atoms with E-state index in [1.54, 1.807) is 0 Å². The highest BCUT2D eigenvalue weighted by molar-refractivity contribution is 5.18. The second kappa shape index (κ2) is 3.93. The highest BCUT2D eigenvalue weighted by Gasteiger charge is 2.21. The van der Waals surface area contributed by atoms with Crippen LogP contribution in [0, 0.1) is 5.92 Å². The second-order valence-electron chi connectivity index (χ2n) is 3.98. The predicted octanol–water partition coefficient (Wildman–Crippen LogP) is 2.75. The Hall–Kier alpha value is -0.820. The molecule has 2 rings (SSSR count). The van der Waals surface area contributed by atoms with Crippen molar-refractivity contribution in [1.82, 2.24) is 5.32 Å². The van der Waals surface area contributed by atoms with Gasteiger partial charge in [0.15, 0.2) is 0 Å². The molecule has 0 aliphatic heterocycles. The molecule has 1 aliphatic carbocycles. The number of benzene rings is 1. The van der Waals surface area contributed by atoms with Gasteiger partial charge in [0.2, 0.25) is 0 Å². The molecule has 0 bridgehead atoms. The summed E-state index contributed by atoms with van der Waals surface area (Å²) in [6.07, 6.45) is 2.85. The summed E-state index contributed by atoms with van der Waals surface area (Å²) >= 11 is 0. The summed E-state index contributed by atoms with van der Waals surface area (Å²) in [5.41, 5.74) is 1.39. The molecule has 0 unspecified atom stereocenters. The van der Waals surface area contributed by atoms with Crippen molar-refractivity contribution < 1.29 is 0 Å². The van der Waals surface area contributed by atoms with Crippen LogP contribution in [0.25, 0.3) is 0 Å². The topological polar surface area (TPSA) is 12.0 Å². The third kappa shape index (κ3) is 2.56. The zero-order chi connectivity index (χ0) is 9.10. The van der Waals surface area contributed by atoms with Crippen LogP contribution in [-0.4, -0.2) is 6.54 Å². The maximum Gasteiger partial charge on any atom is 0.0291 e. The summed E-state index contributed by atoms with van der Waals surface area (Å²) in [5, 5.41) is 3.56. The van der Waals surface area contributed by atoms with E-state index < -0.39 is 0 Å². The van der Waals surface area contributed by atoms with Gasteiger partial charge >= 0.3 is 0 Å². The lowest BCUT2D eigenvalue weighted by molar-refractivity contribution is 0.549. The van der Waals surface area contributed by atoms with Crippen LogP contribution >= 0.6 is 0 Å². The van der Waals surface area contributed by atoms with Crippen LogP contribution < -0.4 is 5.32 Å². The molecule has 1 fully saturated rings. The summed E-state index contributed by atoms with van der Waals surface area (Å²) < 4.78 is 0. The SMILES string of the molecule is C[C@H](NCC1CC1)c1ccccc1. The molecule has 1 aromatic rings. The number of rotatable bonds is 4. The standard InChI is InChI=1S/C12H17N/c1-10(13-9-11-7-8-11)12-5-3-2-4-6-12/h2-6,10-11,13H,7-9H2,1H3/t10-/m0/s1. The first-order valence-corrected chi connectivity index (χ1v) is 5.14. The Morgan fingerprint density at radius 2 is 2.00 bits per heavy atom. The predicted molar refractivity (Wildman–Crippen MR) is 55.6 cm³/mol. The molecular weight excluding hydrogens is 158 g/mol. The zero-order valence-corrected chi connectivity index (χ0v) is 8.16. The Balaban J connectivity index is 1.85. The minimum atomic E-state index is 0.502. The smallest absolute Gasteiger partial charge is 0.0291 e. The molecule has 1 saturated carbocycles. The normalized spacial score (nSPS) is 18.5. The zero-order valence-electron chi connectivity index (χ0n) is 8.16. The Kier molecular flexibility index (Phi) is 2.65. The van der Waals surface area contributed by atoms with E-state index in [4.69, 9.17) is 0 Å². The number of nitrogens with one attached hydrogen (secondary N) is 1. The number of hydrogen-bond donors (Lipinski definition) is 1. The molecule has 1 nitrogen and oxygen atoms in total. The summed E-state index contributed by atoms with van der Waals surface area (Å²) in [4.78, 5) is 0. The van der Waals surface area contributed by atoms with Crippen molar-refractivity contribution in [3.63, 3.8) is 0 Å². The van der Waals surface area contributed by atoms with Gasteiger partial charge in [-0.25, -0.2) is 0 Å². The molecule has 1 N–H and O–H groups in total. The van der Waals surface area contributed by atoms with E-state index in [9.17, 15) is 0 Å². The van der Waals surface area contributed by atoms with E-state index in [0.29, 0.717) is 6.04 Å². The van der Waals surface area contributed by atoms with Gasteiger partial charge in [0.05, 0.1) is 0 Å². The van der Waals surface area contributed by atoms with Crippen LogP contribution in [0.2, 0.25) is 0 Å². The third-order valence-corrected chi connectivity index (χ3v) is 2.71. The monoisotopic (exact) mass is 175 g/mol. The lowest BCUT2D eigenvalue weighted by Gasteiger charge is -2.13. The Bertz CT molecular complexity index is 251. The molecule has 0 radical (unpaired) electrons. The molecule has 1 atom stereocenters. The number of hydrogen-bond acceptors (Lipinski definition) is 1. The van der Waals surface area contributed by atoms with Gasteiger partial charge in [-0.2, -0.15) is 0 Å². The van der Waals surface area contributed by atoms with Crippen molar-refractivity contribution >= 4 is 0 Å². The van der Waals surface area contributed by atoms with Crippen molar-refractivity contribution in [2.45, 2.75) is 25.8 Å². The molecular formula is C12H17N. The highest BCUT2D eigenvalue weighted by atomic mass is 14.9. The maximum absolute atomic E-state index is 3.56. The highest BCUT2D eigenvalue weighted by Crippen LogP contribution is 2.28. The summed E-state index contributed by atoms with van der Waals surface area (Å²) in [6, 6.07) is 11.1. The molecule has 0 amide bonds. The van der Waals surface area contributed by atoms with Crippen LogP contribution in [0.3, 0.4) is 0 Å². The molecule has 1 aromatic carbocycles. The molecule has 0 saturated heterocycles. The average Bonchev–Trinajstić information content (AvgIpc) is 2.99. The molecule has 0 heterocycles. The Labute approximate surface area is 80.2 Å². The van der Waals surface area contributed by atoms with Gasteiger partial charge < -0.3 is 5.32 Å². The van der Waals surface area contributed by atoms with Crippen molar-refractivity contribution in [3.8, 4) is 0 Å². The van der Waals surface area contributed by atoms with E-state index >= 15 is 0 Å². The van der Waals surface area contributed by atoms with Gasteiger partial charge in [-0.05, 0) is 37.8 Å². The van der Waals surface area contributed by atoms with E-state index in [1.165, 1.54) is 24.9 Å². The van der Waals surface area contributed by atoms with Gasteiger partial charge in [0.1, 0.15) is 0 Å². The van der Waals surface area contributed by atoms with Gasteiger partial charge in [0.25, 0.3) is 0 Å². The van der Waals surface area contributed by atoms with E-state index in [1.807, 2.05) is 0 Å². The second-order valence-corrected chi connectivity index (χ2v) is 3.98. The van der Waals surface area contributed by atoms with Gasteiger partial charge in [-0.3, -0.25) is 0 Å². The summed E-state index contributed by atoms with van der Waals surface area (Å²) in [6.45, 7) is 3.42. The maximum atomic E-state index is 3.56. The average molecular weight is 175 g/mol. The minimum Gasteiger partial charge on any atom is -0.310 e. The summed E-state index contributed by atoms with van der Waals surface area (Å²) in [7, 11) is 0. The quantitative estimate of drug-likeness (QED) is 0.742.